The number of ketones is 1. The number of rotatable bonds is 6. The molecule has 1 amide bonds. The number of methoxy groups -OCH3 is 1. The maximum absolute atomic E-state index is 13.2. The number of carbonyl (C=O) groups excluding carboxylic acids is 2. The first-order chi connectivity index (χ1) is 14.9. The molecule has 0 aliphatic heterocycles. The molecular formula is C23H20ClN3O4. The van der Waals surface area contributed by atoms with Gasteiger partial charge in [-0.15, -0.1) is 0 Å². The zero-order chi connectivity index (χ0) is 22.1. The van der Waals surface area contributed by atoms with Crippen molar-refractivity contribution in [2.75, 3.05) is 12.4 Å². The molecule has 0 fully saturated rings. The first-order valence-electron chi connectivity index (χ1n) is 9.57. The minimum Gasteiger partial charge on any atom is -0.497 e. The van der Waals surface area contributed by atoms with Crippen molar-refractivity contribution in [2.24, 2.45) is 0 Å². The Morgan fingerprint density at radius 2 is 1.87 bits per heavy atom. The standard InChI is InChI=1S/C23H20ClN3O4/c1-13-10-20(26-31-13)25-23(29)22(28)21-14(2)27(12-15-4-6-16(24)7-5-15)19-9-8-17(30-3)11-18(19)21/h4-11H,12H2,1-3H3,(H,25,26,29). The number of halogens is 1. The first kappa shape index (κ1) is 20.7. The predicted octanol–water partition coefficient (Wildman–Crippen LogP) is 4.78. The Morgan fingerprint density at radius 1 is 1.13 bits per heavy atom. The third kappa shape index (κ3) is 4.04. The number of fused-ring (bicyclic) bond motifs is 1. The van der Waals surface area contributed by atoms with E-state index in [4.69, 9.17) is 20.9 Å². The Kier molecular flexibility index (Phi) is 5.52. The number of carbonyl (C=O) groups is 2. The quantitative estimate of drug-likeness (QED) is 0.346. The van der Waals surface area contributed by atoms with Gasteiger partial charge in [0.15, 0.2) is 5.82 Å². The van der Waals surface area contributed by atoms with E-state index in [1.54, 1.807) is 26.2 Å². The SMILES string of the molecule is COc1ccc2c(c1)c(C(=O)C(=O)Nc1cc(C)on1)c(C)n2Cc1ccc(Cl)cc1. The number of nitrogens with zero attached hydrogens (tertiary/aromatic N) is 2. The van der Waals surface area contributed by atoms with Crippen molar-refractivity contribution in [3.8, 4) is 5.75 Å². The van der Waals surface area contributed by atoms with Gasteiger partial charge in [-0.25, -0.2) is 0 Å². The maximum Gasteiger partial charge on any atom is 0.298 e. The number of aryl methyl sites for hydroxylation is 1. The van der Waals surface area contributed by atoms with E-state index < -0.39 is 11.7 Å². The third-order valence-corrected chi connectivity index (χ3v) is 5.34. The molecule has 0 radical (unpaired) electrons. The average molecular weight is 438 g/mol. The van der Waals surface area contributed by atoms with Gasteiger partial charge in [-0.1, -0.05) is 28.9 Å². The lowest BCUT2D eigenvalue weighted by Gasteiger charge is -2.09. The molecule has 2 aromatic heterocycles. The van der Waals surface area contributed by atoms with Crippen LogP contribution in [0.3, 0.4) is 0 Å². The van der Waals surface area contributed by atoms with Crippen LogP contribution in [-0.2, 0) is 11.3 Å². The largest absolute Gasteiger partial charge is 0.497 e. The van der Waals surface area contributed by atoms with Gasteiger partial charge in [-0.3, -0.25) is 9.59 Å². The normalized spacial score (nSPS) is 11.0. The molecule has 4 rings (SSSR count). The summed E-state index contributed by atoms with van der Waals surface area (Å²) in [5.74, 6) is -0.132. The van der Waals surface area contributed by atoms with Gasteiger partial charge in [0.05, 0.1) is 12.7 Å². The van der Waals surface area contributed by atoms with E-state index in [2.05, 4.69) is 10.5 Å². The second-order valence-corrected chi connectivity index (χ2v) is 7.60. The van der Waals surface area contributed by atoms with Gasteiger partial charge in [0.1, 0.15) is 11.5 Å². The highest BCUT2D eigenvalue weighted by atomic mass is 35.5. The number of aromatic nitrogens is 2. The zero-order valence-electron chi connectivity index (χ0n) is 17.2. The fraction of sp³-hybridized carbons (Fsp3) is 0.174. The molecule has 0 aliphatic carbocycles. The fourth-order valence-electron chi connectivity index (χ4n) is 3.56. The highest BCUT2D eigenvalue weighted by Gasteiger charge is 2.26. The summed E-state index contributed by atoms with van der Waals surface area (Å²) < 4.78 is 12.3. The van der Waals surface area contributed by atoms with Crippen LogP contribution < -0.4 is 10.1 Å². The lowest BCUT2D eigenvalue weighted by Crippen LogP contribution is -2.23. The second kappa shape index (κ2) is 8.28. The van der Waals surface area contributed by atoms with Gasteiger partial charge >= 0.3 is 0 Å². The van der Waals surface area contributed by atoms with E-state index in [0.717, 1.165) is 11.1 Å². The topological polar surface area (TPSA) is 86.4 Å². The van der Waals surface area contributed by atoms with E-state index in [-0.39, 0.29) is 5.82 Å². The summed E-state index contributed by atoms with van der Waals surface area (Å²) in [5.41, 5.74) is 2.83. The van der Waals surface area contributed by atoms with Gasteiger partial charge in [0, 0.05) is 34.2 Å². The Hall–Kier alpha value is -3.58. The maximum atomic E-state index is 13.2. The van der Waals surface area contributed by atoms with Crippen LogP contribution >= 0.6 is 11.6 Å². The number of anilines is 1. The molecule has 0 saturated heterocycles. The second-order valence-electron chi connectivity index (χ2n) is 7.16. The zero-order valence-corrected chi connectivity index (χ0v) is 18.0. The molecule has 0 bridgehead atoms. The molecule has 0 unspecified atom stereocenters. The average Bonchev–Trinajstić information content (AvgIpc) is 3.29. The van der Waals surface area contributed by atoms with Crippen LogP contribution in [0.15, 0.2) is 53.1 Å². The molecule has 2 heterocycles. The molecule has 31 heavy (non-hydrogen) atoms. The molecule has 8 heteroatoms. The van der Waals surface area contributed by atoms with Crippen molar-refractivity contribution in [2.45, 2.75) is 20.4 Å². The molecule has 0 saturated carbocycles. The molecular weight excluding hydrogens is 418 g/mol. The van der Waals surface area contributed by atoms with E-state index in [1.807, 2.05) is 47.9 Å². The van der Waals surface area contributed by atoms with Crippen LogP contribution in [0.1, 0.15) is 27.4 Å². The number of hydrogen-bond acceptors (Lipinski definition) is 5. The van der Waals surface area contributed by atoms with Crippen LogP contribution in [-0.4, -0.2) is 28.5 Å². The summed E-state index contributed by atoms with van der Waals surface area (Å²) in [6, 6.07) is 14.5. The molecule has 4 aromatic rings. The third-order valence-electron chi connectivity index (χ3n) is 5.09. The molecule has 1 N–H and O–H groups in total. The molecule has 0 atom stereocenters. The molecule has 2 aromatic carbocycles. The lowest BCUT2D eigenvalue weighted by molar-refractivity contribution is -0.112. The number of nitrogens with one attached hydrogen (secondary N) is 1. The van der Waals surface area contributed by atoms with Crippen molar-refractivity contribution in [1.29, 1.82) is 0 Å². The van der Waals surface area contributed by atoms with Gasteiger partial charge in [-0.2, -0.15) is 0 Å². The van der Waals surface area contributed by atoms with Crippen LogP contribution in [0.2, 0.25) is 5.02 Å². The van der Waals surface area contributed by atoms with Crippen molar-refractivity contribution < 1.29 is 18.8 Å². The van der Waals surface area contributed by atoms with Crippen LogP contribution in [0.5, 0.6) is 5.75 Å². The Labute approximate surface area is 183 Å². The number of hydrogen-bond donors (Lipinski definition) is 1. The summed E-state index contributed by atoms with van der Waals surface area (Å²) >= 11 is 6.00. The van der Waals surface area contributed by atoms with Gasteiger partial charge in [-0.05, 0) is 49.7 Å². The summed E-state index contributed by atoms with van der Waals surface area (Å²) in [6.45, 7) is 4.04. The summed E-state index contributed by atoms with van der Waals surface area (Å²) in [5, 5.41) is 7.51. The predicted molar refractivity (Wildman–Crippen MR) is 118 cm³/mol. The Balaban J connectivity index is 1.77. The van der Waals surface area contributed by atoms with Crippen molar-refractivity contribution in [3.05, 3.63) is 76.1 Å². The Morgan fingerprint density at radius 3 is 2.52 bits per heavy atom. The van der Waals surface area contributed by atoms with Crippen LogP contribution in [0.4, 0.5) is 5.82 Å². The lowest BCUT2D eigenvalue weighted by atomic mass is 10.1. The smallest absolute Gasteiger partial charge is 0.298 e. The Bertz CT molecular complexity index is 1290. The monoisotopic (exact) mass is 437 g/mol. The van der Waals surface area contributed by atoms with E-state index in [0.29, 0.717) is 39.7 Å². The number of ether oxygens (including phenoxy) is 1. The molecule has 158 valence electrons. The van der Waals surface area contributed by atoms with Crippen molar-refractivity contribution in [1.82, 2.24) is 9.72 Å². The minimum atomic E-state index is -0.787. The van der Waals surface area contributed by atoms with E-state index in [9.17, 15) is 9.59 Å². The molecule has 0 aliphatic rings. The van der Waals surface area contributed by atoms with Crippen LogP contribution in [0, 0.1) is 13.8 Å². The molecule has 7 nitrogen and oxygen atoms in total. The molecule has 0 spiro atoms. The summed E-state index contributed by atoms with van der Waals surface area (Å²) in [7, 11) is 1.56. The van der Waals surface area contributed by atoms with Crippen molar-refractivity contribution >= 4 is 40.0 Å². The van der Waals surface area contributed by atoms with E-state index >= 15 is 0 Å². The number of benzene rings is 2. The van der Waals surface area contributed by atoms with Gasteiger partial charge in [0.2, 0.25) is 0 Å². The first-order valence-corrected chi connectivity index (χ1v) is 9.95. The highest BCUT2D eigenvalue weighted by molar-refractivity contribution is 6.48. The summed E-state index contributed by atoms with van der Waals surface area (Å²) in [4.78, 5) is 25.8. The summed E-state index contributed by atoms with van der Waals surface area (Å²) in [6.07, 6.45) is 0. The number of Topliss-reactive ketones (excluding diaryl/α,β-unsaturated/α-hetero) is 1. The minimum absolute atomic E-state index is 0.191. The fourth-order valence-corrected chi connectivity index (χ4v) is 3.69. The highest BCUT2D eigenvalue weighted by Crippen LogP contribution is 2.31. The van der Waals surface area contributed by atoms with Crippen molar-refractivity contribution in [3.63, 3.8) is 0 Å². The van der Waals surface area contributed by atoms with Crippen LogP contribution in [0.25, 0.3) is 10.9 Å². The number of amides is 1. The van der Waals surface area contributed by atoms with Gasteiger partial charge < -0.3 is 19.1 Å². The van der Waals surface area contributed by atoms with Gasteiger partial charge in [0.25, 0.3) is 11.7 Å². The van der Waals surface area contributed by atoms with E-state index in [1.165, 1.54) is 0 Å².